The third kappa shape index (κ3) is 3.86. The summed E-state index contributed by atoms with van der Waals surface area (Å²) in [5.74, 6) is -0.459. The second-order valence-corrected chi connectivity index (χ2v) is 5.05. The summed E-state index contributed by atoms with van der Waals surface area (Å²) in [7, 11) is 1.63. The van der Waals surface area contributed by atoms with E-state index in [2.05, 4.69) is 15.6 Å². The van der Waals surface area contributed by atoms with Gasteiger partial charge in [0.1, 0.15) is 0 Å². The van der Waals surface area contributed by atoms with Crippen LogP contribution < -0.4 is 22.1 Å². The summed E-state index contributed by atoms with van der Waals surface area (Å²) in [5, 5.41) is 5.29. The van der Waals surface area contributed by atoms with E-state index < -0.39 is 17.6 Å². The predicted octanol–water partition coefficient (Wildman–Crippen LogP) is 2.18. The van der Waals surface area contributed by atoms with Crippen LogP contribution in [0.2, 0.25) is 0 Å². The number of fused-ring (bicyclic) bond motifs is 1. The van der Waals surface area contributed by atoms with Gasteiger partial charge in [0.2, 0.25) is 5.91 Å². The lowest BCUT2D eigenvalue weighted by atomic mass is 10.1. The monoisotopic (exact) mass is 339 g/mol. The molecular weight excluding hydrogens is 323 g/mol. The van der Waals surface area contributed by atoms with Crippen molar-refractivity contribution in [1.29, 1.82) is 0 Å². The first-order valence-electron chi connectivity index (χ1n) is 6.89. The molecule has 0 saturated carbocycles. The molecule has 1 amide bonds. The normalized spacial score (nSPS) is 12.2. The fraction of sp³-hybridized carbons (Fsp3) is 0.200. The van der Waals surface area contributed by atoms with Crippen LogP contribution in [0.1, 0.15) is 12.0 Å². The summed E-state index contributed by atoms with van der Waals surface area (Å²) in [4.78, 5) is 15.9. The van der Waals surface area contributed by atoms with Gasteiger partial charge in [-0.2, -0.15) is 13.2 Å². The molecule has 2 rings (SSSR count). The zero-order valence-electron chi connectivity index (χ0n) is 12.7. The molecule has 24 heavy (non-hydrogen) atoms. The van der Waals surface area contributed by atoms with E-state index in [9.17, 15) is 18.0 Å². The molecule has 6 nitrogen and oxygen atoms in total. The molecule has 0 atom stereocenters. The fourth-order valence-electron chi connectivity index (χ4n) is 2.11. The highest BCUT2D eigenvalue weighted by atomic mass is 19.4. The smallest absolute Gasteiger partial charge is 0.400 e. The van der Waals surface area contributed by atoms with Gasteiger partial charge in [-0.3, -0.25) is 9.78 Å². The van der Waals surface area contributed by atoms with Crippen LogP contribution in [0.15, 0.2) is 36.3 Å². The van der Waals surface area contributed by atoms with Crippen LogP contribution in [0.25, 0.3) is 10.9 Å². The maximum atomic E-state index is 12.8. The van der Waals surface area contributed by atoms with E-state index >= 15 is 0 Å². The number of nitrogens with one attached hydrogen (secondary N) is 2. The molecule has 0 fully saturated rings. The molecule has 6 N–H and O–H groups in total. The SMILES string of the molecule is CN/C=C(\N)CC(=O)Nc1cnc2ccc(C(F)(F)F)cc2c1N. The number of nitrogen functional groups attached to an aromatic ring is 1. The predicted molar refractivity (Wildman–Crippen MR) is 85.7 cm³/mol. The highest BCUT2D eigenvalue weighted by Crippen LogP contribution is 2.34. The number of carbonyl (C=O) groups is 1. The Bertz CT molecular complexity index is 802. The van der Waals surface area contributed by atoms with E-state index in [0.29, 0.717) is 11.2 Å². The minimum absolute atomic E-state index is 0.00983. The third-order valence-electron chi connectivity index (χ3n) is 3.21. The van der Waals surface area contributed by atoms with Crippen LogP contribution >= 0.6 is 0 Å². The Kier molecular flexibility index (Phi) is 4.82. The van der Waals surface area contributed by atoms with Crippen LogP contribution in [0.5, 0.6) is 0 Å². The van der Waals surface area contributed by atoms with Crippen molar-refractivity contribution < 1.29 is 18.0 Å². The van der Waals surface area contributed by atoms with Gasteiger partial charge in [0, 0.05) is 24.3 Å². The summed E-state index contributed by atoms with van der Waals surface area (Å²) < 4.78 is 38.5. The minimum atomic E-state index is -4.49. The van der Waals surface area contributed by atoms with Crippen molar-refractivity contribution >= 4 is 28.2 Å². The lowest BCUT2D eigenvalue weighted by molar-refractivity contribution is -0.137. The Labute approximate surface area is 135 Å². The molecule has 1 heterocycles. The molecule has 0 saturated heterocycles. The highest BCUT2D eigenvalue weighted by Gasteiger charge is 2.30. The molecule has 0 aliphatic rings. The summed E-state index contributed by atoms with van der Waals surface area (Å²) in [6.07, 6.45) is -1.84. The second kappa shape index (κ2) is 6.65. The topological polar surface area (TPSA) is 106 Å². The summed E-state index contributed by atoms with van der Waals surface area (Å²) >= 11 is 0. The fourth-order valence-corrected chi connectivity index (χ4v) is 2.11. The summed E-state index contributed by atoms with van der Waals surface area (Å²) in [6.45, 7) is 0. The van der Waals surface area contributed by atoms with E-state index in [1.807, 2.05) is 0 Å². The van der Waals surface area contributed by atoms with Gasteiger partial charge in [0.15, 0.2) is 0 Å². The highest BCUT2D eigenvalue weighted by molar-refractivity contribution is 6.02. The second-order valence-electron chi connectivity index (χ2n) is 5.05. The molecule has 2 aromatic rings. The first-order chi connectivity index (χ1) is 11.2. The average Bonchev–Trinajstić information content (AvgIpc) is 2.49. The van der Waals surface area contributed by atoms with E-state index in [0.717, 1.165) is 12.1 Å². The number of hydrogen-bond donors (Lipinski definition) is 4. The number of anilines is 2. The van der Waals surface area contributed by atoms with Crippen LogP contribution in [-0.2, 0) is 11.0 Å². The van der Waals surface area contributed by atoms with E-state index in [4.69, 9.17) is 11.5 Å². The third-order valence-corrected chi connectivity index (χ3v) is 3.21. The number of pyridine rings is 1. The van der Waals surface area contributed by atoms with Gasteiger partial charge in [-0.1, -0.05) is 0 Å². The Morgan fingerprint density at radius 3 is 2.71 bits per heavy atom. The number of rotatable bonds is 4. The number of carbonyl (C=O) groups excluding carboxylic acids is 1. The van der Waals surface area contributed by atoms with E-state index in [-0.39, 0.29) is 23.2 Å². The standard InChI is InChI=1S/C15H16F3N5O/c1-21-6-9(19)5-13(24)23-12-7-22-11-3-2-8(15(16,17)18)4-10(11)14(12)20/h2-4,6-7,21H,5,19H2,1H3,(H2,20,22)(H,23,24)/b9-6-. The maximum Gasteiger partial charge on any atom is 0.416 e. The molecule has 1 aromatic heterocycles. The maximum absolute atomic E-state index is 12.8. The van der Waals surface area contributed by atoms with Crippen molar-refractivity contribution in [3.05, 3.63) is 41.9 Å². The zero-order chi connectivity index (χ0) is 17.9. The van der Waals surface area contributed by atoms with Crippen LogP contribution in [-0.4, -0.2) is 17.9 Å². The molecule has 0 spiro atoms. The molecule has 1 aromatic carbocycles. The Hall–Kier alpha value is -2.97. The number of amides is 1. The number of nitrogens with two attached hydrogens (primary N) is 2. The molecule has 0 radical (unpaired) electrons. The van der Waals surface area contributed by atoms with Crippen LogP contribution in [0.3, 0.4) is 0 Å². The van der Waals surface area contributed by atoms with Gasteiger partial charge in [-0.15, -0.1) is 0 Å². The lowest BCUT2D eigenvalue weighted by Crippen LogP contribution is -2.17. The van der Waals surface area contributed by atoms with Crippen molar-refractivity contribution in [2.45, 2.75) is 12.6 Å². The number of alkyl halides is 3. The van der Waals surface area contributed by atoms with E-state index in [1.165, 1.54) is 18.5 Å². The first kappa shape index (κ1) is 17.4. The molecule has 0 aliphatic heterocycles. The lowest BCUT2D eigenvalue weighted by Gasteiger charge is -2.12. The molecule has 0 aliphatic carbocycles. The number of benzene rings is 1. The van der Waals surface area contributed by atoms with Crippen LogP contribution in [0.4, 0.5) is 24.5 Å². The van der Waals surface area contributed by atoms with Gasteiger partial charge < -0.3 is 22.1 Å². The largest absolute Gasteiger partial charge is 0.416 e. The van der Waals surface area contributed by atoms with Crippen LogP contribution in [0, 0.1) is 0 Å². The summed E-state index contributed by atoms with van der Waals surface area (Å²) in [5.41, 5.74) is 11.4. The quantitative estimate of drug-likeness (QED) is 0.683. The molecule has 0 unspecified atom stereocenters. The van der Waals surface area contributed by atoms with Crippen molar-refractivity contribution in [1.82, 2.24) is 10.3 Å². The van der Waals surface area contributed by atoms with Gasteiger partial charge in [0.05, 0.1) is 35.1 Å². The van der Waals surface area contributed by atoms with Crippen molar-refractivity contribution in [2.24, 2.45) is 5.73 Å². The summed E-state index contributed by atoms with van der Waals surface area (Å²) in [6, 6.07) is 3.06. The average molecular weight is 339 g/mol. The molecule has 128 valence electrons. The number of aromatic nitrogens is 1. The zero-order valence-corrected chi connectivity index (χ0v) is 12.7. The molecular formula is C15H16F3N5O. The number of halogens is 3. The van der Waals surface area contributed by atoms with Gasteiger partial charge >= 0.3 is 6.18 Å². The Morgan fingerprint density at radius 1 is 1.38 bits per heavy atom. The minimum Gasteiger partial charge on any atom is -0.400 e. The molecule has 9 heteroatoms. The Morgan fingerprint density at radius 2 is 2.08 bits per heavy atom. The molecule has 0 bridgehead atoms. The van der Waals surface area contributed by atoms with Gasteiger partial charge in [-0.25, -0.2) is 0 Å². The number of nitrogens with zero attached hydrogens (tertiary/aromatic N) is 1. The van der Waals surface area contributed by atoms with Crippen molar-refractivity contribution in [3.8, 4) is 0 Å². The Balaban J connectivity index is 2.33. The van der Waals surface area contributed by atoms with E-state index in [1.54, 1.807) is 7.05 Å². The first-order valence-corrected chi connectivity index (χ1v) is 6.89. The number of hydrogen-bond acceptors (Lipinski definition) is 5. The van der Waals surface area contributed by atoms with Crippen molar-refractivity contribution in [2.75, 3.05) is 18.1 Å². The van der Waals surface area contributed by atoms with Gasteiger partial charge in [-0.05, 0) is 18.2 Å². The van der Waals surface area contributed by atoms with Gasteiger partial charge in [0.25, 0.3) is 0 Å². The van der Waals surface area contributed by atoms with Crippen molar-refractivity contribution in [3.63, 3.8) is 0 Å².